The van der Waals surface area contributed by atoms with Gasteiger partial charge in [-0.1, -0.05) is 19.3 Å². The fraction of sp³-hybridized carbons (Fsp3) is 0.583. The van der Waals surface area contributed by atoms with Crippen molar-refractivity contribution >= 4 is 0 Å². The predicted octanol–water partition coefficient (Wildman–Crippen LogP) is 1.55. The maximum absolute atomic E-state index is 11.4. The van der Waals surface area contributed by atoms with Gasteiger partial charge >= 0.3 is 0 Å². The molecule has 0 saturated heterocycles. The molecular formula is C12H17NO3. The first-order chi connectivity index (χ1) is 7.53. The van der Waals surface area contributed by atoms with E-state index in [1.807, 2.05) is 0 Å². The average Bonchev–Trinajstić information content (AvgIpc) is 2.24. The highest BCUT2D eigenvalue weighted by Crippen LogP contribution is 2.36. The molecule has 1 aromatic rings. The van der Waals surface area contributed by atoms with Crippen molar-refractivity contribution in [3.63, 3.8) is 0 Å². The van der Waals surface area contributed by atoms with Crippen molar-refractivity contribution in [2.75, 3.05) is 0 Å². The zero-order valence-electron chi connectivity index (χ0n) is 9.44. The van der Waals surface area contributed by atoms with E-state index in [1.165, 1.54) is 6.07 Å². The van der Waals surface area contributed by atoms with Gasteiger partial charge in [0.25, 0.3) is 5.56 Å². The lowest BCUT2D eigenvalue weighted by molar-refractivity contribution is -0.0245. The van der Waals surface area contributed by atoms with Crippen molar-refractivity contribution in [1.82, 2.24) is 4.73 Å². The molecule has 4 heteroatoms. The molecule has 1 fully saturated rings. The number of pyridine rings is 1. The Kier molecular flexibility index (Phi) is 2.76. The maximum Gasteiger partial charge on any atom is 0.283 e. The molecule has 1 saturated carbocycles. The Morgan fingerprint density at radius 2 is 1.88 bits per heavy atom. The second-order valence-corrected chi connectivity index (χ2v) is 4.66. The number of hydrogen-bond donors (Lipinski definition) is 2. The Hall–Kier alpha value is -1.29. The molecule has 1 aliphatic rings. The largest absolute Gasteiger partial charge is 0.425 e. The topological polar surface area (TPSA) is 62.5 Å². The molecule has 0 spiro atoms. The van der Waals surface area contributed by atoms with E-state index in [-0.39, 0.29) is 0 Å². The maximum atomic E-state index is 11.4. The van der Waals surface area contributed by atoms with E-state index in [2.05, 4.69) is 0 Å². The molecule has 0 amide bonds. The van der Waals surface area contributed by atoms with Crippen molar-refractivity contribution < 1.29 is 10.3 Å². The summed E-state index contributed by atoms with van der Waals surface area (Å²) in [4.78, 5) is 11.4. The van der Waals surface area contributed by atoms with Gasteiger partial charge in [0, 0.05) is 6.07 Å². The lowest BCUT2D eigenvalue weighted by Crippen LogP contribution is -2.35. The van der Waals surface area contributed by atoms with Gasteiger partial charge in [-0.2, -0.15) is 0 Å². The summed E-state index contributed by atoms with van der Waals surface area (Å²) in [6.07, 6.45) is 4.17. The van der Waals surface area contributed by atoms with E-state index >= 15 is 0 Å². The van der Waals surface area contributed by atoms with Gasteiger partial charge in [-0.25, -0.2) is 0 Å². The Labute approximate surface area is 94.1 Å². The van der Waals surface area contributed by atoms with Crippen LogP contribution in [-0.4, -0.2) is 15.0 Å². The molecule has 0 aromatic carbocycles. The highest BCUT2D eigenvalue weighted by molar-refractivity contribution is 5.21. The summed E-state index contributed by atoms with van der Waals surface area (Å²) < 4.78 is 0.582. The van der Waals surface area contributed by atoms with E-state index in [0.717, 1.165) is 24.8 Å². The highest BCUT2D eigenvalue weighted by Gasteiger charge is 2.34. The van der Waals surface area contributed by atoms with Gasteiger partial charge in [-0.3, -0.25) is 4.79 Å². The van der Waals surface area contributed by atoms with Crippen molar-refractivity contribution in [3.8, 4) is 0 Å². The van der Waals surface area contributed by atoms with E-state index < -0.39 is 11.2 Å². The van der Waals surface area contributed by atoms with Crippen LogP contribution in [0.25, 0.3) is 0 Å². The summed E-state index contributed by atoms with van der Waals surface area (Å²) in [6.45, 7) is 1.79. The van der Waals surface area contributed by atoms with Crippen molar-refractivity contribution in [3.05, 3.63) is 33.7 Å². The van der Waals surface area contributed by atoms with Crippen molar-refractivity contribution in [1.29, 1.82) is 0 Å². The van der Waals surface area contributed by atoms with Gasteiger partial charge < -0.3 is 10.3 Å². The minimum Gasteiger partial charge on any atom is -0.425 e. The molecule has 0 atom stereocenters. The monoisotopic (exact) mass is 223 g/mol. The molecule has 0 radical (unpaired) electrons. The summed E-state index contributed by atoms with van der Waals surface area (Å²) >= 11 is 0. The standard InChI is InChI=1S/C12H17NO3/c1-9-7-10(13(16)11(14)8-9)12(15)5-3-2-4-6-12/h7-8,15-16H,2-6H2,1H3. The third-order valence-electron chi connectivity index (χ3n) is 3.31. The van der Waals surface area contributed by atoms with E-state index in [9.17, 15) is 15.1 Å². The Morgan fingerprint density at radius 3 is 2.50 bits per heavy atom. The van der Waals surface area contributed by atoms with Crippen LogP contribution in [0.4, 0.5) is 0 Å². The molecule has 0 unspecified atom stereocenters. The SMILES string of the molecule is Cc1cc(C2(O)CCCCC2)n(O)c(=O)c1. The van der Waals surface area contributed by atoms with Crippen molar-refractivity contribution in [2.45, 2.75) is 44.6 Å². The summed E-state index contributed by atoms with van der Waals surface area (Å²) in [7, 11) is 0. The molecule has 1 heterocycles. The number of hydrogen-bond acceptors (Lipinski definition) is 3. The number of aliphatic hydroxyl groups is 1. The van der Waals surface area contributed by atoms with Crippen LogP contribution in [-0.2, 0) is 5.60 Å². The lowest BCUT2D eigenvalue weighted by Gasteiger charge is -2.32. The zero-order chi connectivity index (χ0) is 11.8. The van der Waals surface area contributed by atoms with Gasteiger partial charge in [-0.05, 0) is 31.4 Å². The minimum atomic E-state index is -1.04. The molecule has 2 N–H and O–H groups in total. The van der Waals surface area contributed by atoms with Crippen LogP contribution in [0.5, 0.6) is 0 Å². The van der Waals surface area contributed by atoms with Crippen LogP contribution in [0.1, 0.15) is 43.4 Å². The lowest BCUT2D eigenvalue weighted by atomic mass is 9.82. The van der Waals surface area contributed by atoms with Gasteiger partial charge in [0.05, 0.1) is 5.69 Å². The van der Waals surface area contributed by atoms with Crippen molar-refractivity contribution in [2.24, 2.45) is 0 Å². The van der Waals surface area contributed by atoms with Gasteiger partial charge in [0.1, 0.15) is 5.60 Å². The van der Waals surface area contributed by atoms with Crippen LogP contribution in [0.2, 0.25) is 0 Å². The highest BCUT2D eigenvalue weighted by atomic mass is 16.5. The van der Waals surface area contributed by atoms with E-state index in [0.29, 0.717) is 23.3 Å². The third-order valence-corrected chi connectivity index (χ3v) is 3.31. The first kappa shape index (κ1) is 11.2. The fourth-order valence-electron chi connectivity index (χ4n) is 2.42. The molecule has 2 rings (SSSR count). The van der Waals surface area contributed by atoms with Gasteiger partial charge in [0.15, 0.2) is 0 Å². The molecule has 1 aromatic heterocycles. The number of nitrogens with zero attached hydrogens (tertiary/aromatic N) is 1. The van der Waals surface area contributed by atoms with Crippen LogP contribution < -0.4 is 5.56 Å². The van der Waals surface area contributed by atoms with Crippen LogP contribution >= 0.6 is 0 Å². The fourth-order valence-corrected chi connectivity index (χ4v) is 2.42. The molecule has 4 nitrogen and oxygen atoms in total. The zero-order valence-corrected chi connectivity index (χ0v) is 9.44. The quantitative estimate of drug-likeness (QED) is 0.710. The second-order valence-electron chi connectivity index (χ2n) is 4.66. The number of aryl methyl sites for hydroxylation is 1. The summed E-state index contributed by atoms with van der Waals surface area (Å²) in [5.41, 5.74) is -0.423. The summed E-state index contributed by atoms with van der Waals surface area (Å²) in [5, 5.41) is 20.1. The predicted molar refractivity (Wildman–Crippen MR) is 59.6 cm³/mol. The Balaban J connectivity index is 2.50. The normalized spacial score (nSPS) is 19.6. The summed E-state index contributed by atoms with van der Waals surface area (Å²) in [6, 6.07) is 3.04. The second kappa shape index (κ2) is 3.94. The molecule has 88 valence electrons. The average molecular weight is 223 g/mol. The summed E-state index contributed by atoms with van der Waals surface area (Å²) in [5.74, 6) is 0. The van der Waals surface area contributed by atoms with E-state index in [4.69, 9.17) is 0 Å². The van der Waals surface area contributed by atoms with Gasteiger partial charge in [0.2, 0.25) is 0 Å². The molecule has 16 heavy (non-hydrogen) atoms. The van der Waals surface area contributed by atoms with Crippen LogP contribution in [0, 0.1) is 6.92 Å². The number of rotatable bonds is 1. The van der Waals surface area contributed by atoms with Gasteiger partial charge in [-0.15, -0.1) is 4.73 Å². The molecule has 1 aliphatic carbocycles. The minimum absolute atomic E-state index is 0.331. The Morgan fingerprint density at radius 1 is 1.25 bits per heavy atom. The van der Waals surface area contributed by atoms with Crippen LogP contribution in [0.3, 0.4) is 0 Å². The molecule has 0 bridgehead atoms. The van der Waals surface area contributed by atoms with E-state index in [1.54, 1.807) is 13.0 Å². The first-order valence-electron chi connectivity index (χ1n) is 5.69. The number of aromatic nitrogens is 1. The first-order valence-corrected chi connectivity index (χ1v) is 5.69. The molecule has 0 aliphatic heterocycles. The smallest absolute Gasteiger partial charge is 0.283 e. The molecular weight excluding hydrogens is 206 g/mol. The van der Waals surface area contributed by atoms with Crippen LogP contribution in [0.15, 0.2) is 16.9 Å². The third kappa shape index (κ3) is 1.85. The Bertz CT molecular complexity index is 444.